The number of unbranched alkanes of at least 4 members (excludes halogenated alkanes) is 2. The first-order valence-corrected chi connectivity index (χ1v) is 8.71. The number of H-pyrrole nitrogens is 1. The molecule has 1 aliphatic carbocycles. The summed E-state index contributed by atoms with van der Waals surface area (Å²) >= 11 is 0. The molecule has 0 saturated heterocycles. The Morgan fingerprint density at radius 1 is 1.27 bits per heavy atom. The van der Waals surface area contributed by atoms with Crippen LogP contribution in [0.3, 0.4) is 0 Å². The van der Waals surface area contributed by atoms with E-state index in [9.17, 15) is 9.18 Å². The zero-order valence-electron chi connectivity index (χ0n) is 13.8. The fraction of sp³-hybridized carbons (Fsp3) is 0.722. The number of hydrogen-bond acceptors (Lipinski definition) is 2. The SMILES string of the molecule is CCCCC[C@H]1CC[C@@H](c2cc(F)c(C(=O)OCC)[nH]2)CC1. The first-order chi connectivity index (χ1) is 10.7. The fourth-order valence-corrected chi connectivity index (χ4v) is 3.47. The molecule has 0 aromatic carbocycles. The fourth-order valence-electron chi connectivity index (χ4n) is 3.47. The summed E-state index contributed by atoms with van der Waals surface area (Å²) < 4.78 is 18.8. The predicted octanol–water partition coefficient (Wildman–Crippen LogP) is 5.18. The maximum atomic E-state index is 13.9. The minimum Gasteiger partial charge on any atom is -0.461 e. The standard InChI is InChI=1S/C18H28FNO2/c1-3-5-6-7-13-8-10-14(11-9-13)16-12-15(19)17(20-16)18(21)22-4-2/h12-14,20H,3-11H2,1-2H3/t13-,14+. The third-order valence-corrected chi connectivity index (χ3v) is 4.77. The van der Waals surface area contributed by atoms with Crippen molar-refractivity contribution in [1.82, 2.24) is 4.98 Å². The summed E-state index contributed by atoms with van der Waals surface area (Å²) in [4.78, 5) is 14.6. The van der Waals surface area contributed by atoms with Gasteiger partial charge in [0, 0.05) is 5.69 Å². The summed E-state index contributed by atoms with van der Waals surface area (Å²) in [6.45, 7) is 4.22. The van der Waals surface area contributed by atoms with Gasteiger partial charge < -0.3 is 9.72 Å². The lowest BCUT2D eigenvalue weighted by molar-refractivity contribution is 0.0514. The molecule has 0 bridgehead atoms. The van der Waals surface area contributed by atoms with Crippen molar-refractivity contribution in [2.45, 2.75) is 71.1 Å². The molecular formula is C18H28FNO2. The van der Waals surface area contributed by atoms with Crippen LogP contribution in [0.25, 0.3) is 0 Å². The molecule has 1 saturated carbocycles. The van der Waals surface area contributed by atoms with E-state index in [0.29, 0.717) is 5.92 Å². The Labute approximate surface area is 132 Å². The predicted molar refractivity (Wildman–Crippen MR) is 85.5 cm³/mol. The van der Waals surface area contributed by atoms with Gasteiger partial charge in [-0.1, -0.05) is 32.6 Å². The van der Waals surface area contributed by atoms with Crippen molar-refractivity contribution in [2.75, 3.05) is 6.61 Å². The highest BCUT2D eigenvalue weighted by Crippen LogP contribution is 2.37. The highest BCUT2D eigenvalue weighted by atomic mass is 19.1. The lowest BCUT2D eigenvalue weighted by Crippen LogP contribution is -2.14. The first-order valence-electron chi connectivity index (χ1n) is 8.71. The van der Waals surface area contributed by atoms with E-state index in [1.54, 1.807) is 6.92 Å². The highest BCUT2D eigenvalue weighted by molar-refractivity contribution is 5.87. The number of carbonyl (C=O) groups excluding carboxylic acids is 1. The second-order valence-electron chi connectivity index (χ2n) is 6.38. The number of hydrogen-bond donors (Lipinski definition) is 1. The van der Waals surface area contributed by atoms with Crippen LogP contribution in [0.4, 0.5) is 4.39 Å². The van der Waals surface area contributed by atoms with Gasteiger partial charge in [0.2, 0.25) is 0 Å². The van der Waals surface area contributed by atoms with Crippen molar-refractivity contribution >= 4 is 5.97 Å². The van der Waals surface area contributed by atoms with Gasteiger partial charge in [-0.25, -0.2) is 9.18 Å². The molecule has 0 amide bonds. The van der Waals surface area contributed by atoms with Crippen LogP contribution in [0.5, 0.6) is 0 Å². The van der Waals surface area contributed by atoms with E-state index in [-0.39, 0.29) is 12.3 Å². The zero-order chi connectivity index (χ0) is 15.9. The van der Waals surface area contributed by atoms with Crippen LogP contribution in [-0.4, -0.2) is 17.6 Å². The first kappa shape index (κ1) is 17.0. The summed E-state index contributed by atoms with van der Waals surface area (Å²) in [6.07, 6.45) is 9.84. The Morgan fingerprint density at radius 2 is 2.00 bits per heavy atom. The Bertz CT molecular complexity index is 475. The number of ether oxygens (including phenoxy) is 1. The molecular weight excluding hydrogens is 281 g/mol. The lowest BCUT2D eigenvalue weighted by atomic mass is 9.78. The molecule has 1 N–H and O–H groups in total. The molecule has 124 valence electrons. The van der Waals surface area contributed by atoms with E-state index in [1.165, 1.54) is 44.6 Å². The van der Waals surface area contributed by atoms with Crippen LogP contribution in [0.1, 0.15) is 87.3 Å². The average Bonchev–Trinajstić information content (AvgIpc) is 2.90. The molecule has 1 aliphatic rings. The Hall–Kier alpha value is -1.32. The molecule has 1 aromatic rings. The van der Waals surface area contributed by atoms with Gasteiger partial charge in [0.1, 0.15) is 0 Å². The summed E-state index contributed by atoms with van der Waals surface area (Å²) in [6, 6.07) is 1.48. The molecule has 0 radical (unpaired) electrons. The third-order valence-electron chi connectivity index (χ3n) is 4.77. The number of halogens is 1. The Kier molecular flexibility index (Phi) is 6.47. The van der Waals surface area contributed by atoms with Crippen LogP contribution in [-0.2, 0) is 4.74 Å². The highest BCUT2D eigenvalue weighted by Gasteiger charge is 2.26. The minimum absolute atomic E-state index is 0.0260. The molecule has 22 heavy (non-hydrogen) atoms. The Morgan fingerprint density at radius 3 is 2.64 bits per heavy atom. The zero-order valence-corrected chi connectivity index (χ0v) is 13.8. The molecule has 0 atom stereocenters. The van der Waals surface area contributed by atoms with Crippen molar-refractivity contribution in [2.24, 2.45) is 5.92 Å². The number of nitrogens with one attached hydrogen (secondary N) is 1. The molecule has 1 aromatic heterocycles. The number of carbonyl (C=O) groups is 1. The summed E-state index contributed by atoms with van der Waals surface area (Å²) in [7, 11) is 0. The van der Waals surface area contributed by atoms with Crippen LogP contribution in [0, 0.1) is 11.7 Å². The van der Waals surface area contributed by atoms with E-state index >= 15 is 0 Å². The molecule has 0 spiro atoms. The molecule has 4 heteroatoms. The van der Waals surface area contributed by atoms with Gasteiger partial charge >= 0.3 is 5.97 Å². The number of aromatic nitrogens is 1. The number of aromatic amines is 1. The molecule has 3 nitrogen and oxygen atoms in total. The van der Waals surface area contributed by atoms with E-state index in [0.717, 1.165) is 24.5 Å². The van der Waals surface area contributed by atoms with Gasteiger partial charge in [0.15, 0.2) is 11.5 Å². The molecule has 0 unspecified atom stereocenters. The van der Waals surface area contributed by atoms with Crippen LogP contribution in [0.2, 0.25) is 0 Å². The summed E-state index contributed by atoms with van der Waals surface area (Å²) in [5.74, 6) is 0.0882. The van der Waals surface area contributed by atoms with Gasteiger partial charge in [0.25, 0.3) is 0 Å². The van der Waals surface area contributed by atoms with Crippen molar-refractivity contribution in [3.63, 3.8) is 0 Å². The summed E-state index contributed by atoms with van der Waals surface area (Å²) in [5, 5.41) is 0. The third kappa shape index (κ3) is 4.34. The second-order valence-corrected chi connectivity index (χ2v) is 6.38. The van der Waals surface area contributed by atoms with Crippen molar-refractivity contribution in [1.29, 1.82) is 0 Å². The molecule has 2 rings (SSSR count). The molecule has 1 fully saturated rings. The van der Waals surface area contributed by atoms with Crippen molar-refractivity contribution < 1.29 is 13.9 Å². The van der Waals surface area contributed by atoms with Crippen LogP contribution in [0.15, 0.2) is 6.07 Å². The smallest absolute Gasteiger partial charge is 0.357 e. The van der Waals surface area contributed by atoms with Crippen molar-refractivity contribution in [3.05, 3.63) is 23.3 Å². The monoisotopic (exact) mass is 309 g/mol. The van der Waals surface area contributed by atoms with Gasteiger partial charge in [0.05, 0.1) is 6.61 Å². The van der Waals surface area contributed by atoms with Crippen molar-refractivity contribution in [3.8, 4) is 0 Å². The second kappa shape index (κ2) is 8.35. The summed E-state index contributed by atoms with van der Waals surface area (Å²) in [5.41, 5.74) is 0.828. The normalized spacial score (nSPS) is 21.8. The topological polar surface area (TPSA) is 42.1 Å². The quantitative estimate of drug-likeness (QED) is 0.556. The van der Waals surface area contributed by atoms with Crippen LogP contribution < -0.4 is 0 Å². The number of esters is 1. The largest absolute Gasteiger partial charge is 0.461 e. The lowest BCUT2D eigenvalue weighted by Gasteiger charge is -2.28. The maximum Gasteiger partial charge on any atom is 0.357 e. The maximum absolute atomic E-state index is 13.9. The minimum atomic E-state index is -0.598. The van der Waals surface area contributed by atoms with Gasteiger partial charge in [-0.15, -0.1) is 0 Å². The van der Waals surface area contributed by atoms with Crippen LogP contribution >= 0.6 is 0 Å². The van der Waals surface area contributed by atoms with Gasteiger partial charge in [-0.05, 0) is 50.5 Å². The van der Waals surface area contributed by atoms with E-state index in [1.807, 2.05) is 0 Å². The molecule has 1 heterocycles. The molecule has 0 aliphatic heterocycles. The average molecular weight is 309 g/mol. The van der Waals surface area contributed by atoms with Gasteiger partial charge in [-0.3, -0.25) is 0 Å². The van der Waals surface area contributed by atoms with E-state index < -0.39 is 11.8 Å². The van der Waals surface area contributed by atoms with E-state index in [2.05, 4.69) is 11.9 Å². The van der Waals surface area contributed by atoms with E-state index in [4.69, 9.17) is 4.74 Å². The van der Waals surface area contributed by atoms with Gasteiger partial charge in [-0.2, -0.15) is 0 Å². The Balaban J connectivity index is 1.89. The number of rotatable bonds is 7.